The Labute approximate surface area is 92.4 Å². The van der Waals surface area contributed by atoms with Gasteiger partial charge in [-0.15, -0.1) is 0 Å². The average Bonchev–Trinajstić information content (AvgIpc) is 2.71. The van der Waals surface area contributed by atoms with Crippen LogP contribution < -0.4 is 0 Å². The number of para-hydroxylation sites is 1. The number of hydrogen-bond donors (Lipinski definition) is 1. The van der Waals surface area contributed by atoms with Gasteiger partial charge in [0.05, 0.1) is 0 Å². The van der Waals surface area contributed by atoms with Crippen LogP contribution in [0.3, 0.4) is 0 Å². The van der Waals surface area contributed by atoms with Crippen LogP contribution >= 0.6 is 0 Å². The summed E-state index contributed by atoms with van der Waals surface area (Å²) < 4.78 is 10.5. The van der Waals surface area contributed by atoms with E-state index in [-0.39, 0.29) is 0 Å². The summed E-state index contributed by atoms with van der Waals surface area (Å²) in [4.78, 5) is 11.1. The zero-order chi connectivity index (χ0) is 11.8. The highest BCUT2D eigenvalue weighted by atomic mass is 16.5. The SMILES string of the molecule is COC(C)(C(=O)O)c1cc2ccccc2o1. The largest absolute Gasteiger partial charge is 0.479 e. The molecule has 16 heavy (non-hydrogen) atoms. The maximum Gasteiger partial charge on any atom is 0.343 e. The van der Waals surface area contributed by atoms with Crippen molar-refractivity contribution in [3.8, 4) is 0 Å². The van der Waals surface area contributed by atoms with Gasteiger partial charge in [0.1, 0.15) is 11.3 Å². The van der Waals surface area contributed by atoms with E-state index in [4.69, 9.17) is 14.3 Å². The first-order valence-corrected chi connectivity index (χ1v) is 4.85. The highest BCUT2D eigenvalue weighted by Gasteiger charge is 2.38. The molecule has 1 heterocycles. The molecule has 1 atom stereocenters. The highest BCUT2D eigenvalue weighted by molar-refractivity contribution is 5.83. The molecule has 0 fully saturated rings. The summed E-state index contributed by atoms with van der Waals surface area (Å²) in [6, 6.07) is 9.04. The van der Waals surface area contributed by atoms with E-state index in [1.165, 1.54) is 14.0 Å². The third-order valence-corrected chi connectivity index (χ3v) is 2.71. The number of benzene rings is 1. The maximum absolute atomic E-state index is 11.1. The van der Waals surface area contributed by atoms with Gasteiger partial charge in [0.25, 0.3) is 0 Å². The summed E-state index contributed by atoms with van der Waals surface area (Å²) in [6.07, 6.45) is 0. The van der Waals surface area contributed by atoms with Gasteiger partial charge < -0.3 is 14.3 Å². The van der Waals surface area contributed by atoms with Crippen molar-refractivity contribution in [1.29, 1.82) is 0 Å². The van der Waals surface area contributed by atoms with Crippen molar-refractivity contribution in [2.24, 2.45) is 0 Å². The summed E-state index contributed by atoms with van der Waals surface area (Å²) in [5.41, 5.74) is -0.791. The molecule has 84 valence electrons. The molecule has 0 spiro atoms. The van der Waals surface area contributed by atoms with Crippen molar-refractivity contribution in [2.45, 2.75) is 12.5 Å². The molecule has 0 aliphatic carbocycles. The number of fused-ring (bicyclic) bond motifs is 1. The number of rotatable bonds is 3. The summed E-state index contributed by atoms with van der Waals surface area (Å²) in [5, 5.41) is 9.99. The minimum Gasteiger partial charge on any atom is -0.479 e. The number of carbonyl (C=O) groups is 1. The van der Waals surface area contributed by atoms with E-state index >= 15 is 0 Å². The van der Waals surface area contributed by atoms with Crippen LogP contribution in [0.4, 0.5) is 0 Å². The van der Waals surface area contributed by atoms with Crippen LogP contribution in [-0.4, -0.2) is 18.2 Å². The molecule has 1 N–H and O–H groups in total. The highest BCUT2D eigenvalue weighted by Crippen LogP contribution is 2.30. The first-order valence-electron chi connectivity index (χ1n) is 4.85. The van der Waals surface area contributed by atoms with Gasteiger partial charge in [0, 0.05) is 12.5 Å². The van der Waals surface area contributed by atoms with E-state index in [1.807, 2.05) is 18.2 Å². The van der Waals surface area contributed by atoms with Crippen LogP contribution in [0, 0.1) is 0 Å². The molecule has 0 aliphatic rings. The van der Waals surface area contributed by atoms with Crippen molar-refractivity contribution in [3.05, 3.63) is 36.1 Å². The first-order chi connectivity index (χ1) is 7.58. The quantitative estimate of drug-likeness (QED) is 0.862. The third-order valence-electron chi connectivity index (χ3n) is 2.71. The summed E-state index contributed by atoms with van der Waals surface area (Å²) >= 11 is 0. The maximum atomic E-state index is 11.1. The van der Waals surface area contributed by atoms with Crippen molar-refractivity contribution < 1.29 is 19.1 Å². The molecule has 1 aromatic carbocycles. The van der Waals surface area contributed by atoms with Gasteiger partial charge in [-0.2, -0.15) is 0 Å². The van der Waals surface area contributed by atoms with Crippen LogP contribution in [-0.2, 0) is 15.1 Å². The predicted molar refractivity (Wildman–Crippen MR) is 58.2 cm³/mol. The minimum absolute atomic E-state index is 0.295. The standard InChI is InChI=1S/C12H12O4/c1-12(15-2,11(13)14)10-7-8-5-3-4-6-9(8)16-10/h3-7H,1-2H3,(H,13,14). The Hall–Kier alpha value is -1.81. The van der Waals surface area contributed by atoms with Crippen molar-refractivity contribution >= 4 is 16.9 Å². The smallest absolute Gasteiger partial charge is 0.343 e. The molecule has 0 bridgehead atoms. The molecule has 2 rings (SSSR count). The fourth-order valence-corrected chi connectivity index (χ4v) is 1.51. The number of carboxylic acids is 1. The van der Waals surface area contributed by atoms with Crippen LogP contribution in [0.25, 0.3) is 11.0 Å². The normalized spacial score (nSPS) is 14.9. The van der Waals surface area contributed by atoms with Crippen LogP contribution in [0.15, 0.2) is 34.7 Å². The molecule has 1 unspecified atom stereocenters. The second-order valence-corrected chi connectivity index (χ2v) is 3.69. The Balaban J connectivity index is 2.58. The van der Waals surface area contributed by atoms with E-state index in [9.17, 15) is 4.79 Å². The van der Waals surface area contributed by atoms with Gasteiger partial charge in [0.2, 0.25) is 5.60 Å². The Morgan fingerprint density at radius 3 is 2.69 bits per heavy atom. The lowest BCUT2D eigenvalue weighted by atomic mass is 10.0. The number of ether oxygens (including phenoxy) is 1. The van der Waals surface area contributed by atoms with Crippen LogP contribution in [0.5, 0.6) is 0 Å². The van der Waals surface area contributed by atoms with Gasteiger partial charge in [0.15, 0.2) is 0 Å². The lowest BCUT2D eigenvalue weighted by molar-refractivity contribution is -0.163. The van der Waals surface area contributed by atoms with Crippen molar-refractivity contribution in [1.82, 2.24) is 0 Å². The third kappa shape index (κ3) is 1.47. The second-order valence-electron chi connectivity index (χ2n) is 3.69. The average molecular weight is 220 g/mol. The molecule has 4 heteroatoms. The van der Waals surface area contributed by atoms with E-state index in [0.717, 1.165) is 5.39 Å². The van der Waals surface area contributed by atoms with Crippen LogP contribution in [0.2, 0.25) is 0 Å². The monoisotopic (exact) mass is 220 g/mol. The van der Waals surface area contributed by atoms with E-state index < -0.39 is 11.6 Å². The van der Waals surface area contributed by atoms with Gasteiger partial charge in [-0.05, 0) is 19.1 Å². The van der Waals surface area contributed by atoms with E-state index in [1.54, 1.807) is 12.1 Å². The number of carboxylic acid groups (broad SMARTS) is 1. The Kier molecular flexibility index (Phi) is 2.44. The molecule has 0 aliphatic heterocycles. The van der Waals surface area contributed by atoms with Gasteiger partial charge in [-0.3, -0.25) is 0 Å². The van der Waals surface area contributed by atoms with E-state index in [2.05, 4.69) is 0 Å². The lowest BCUT2D eigenvalue weighted by Gasteiger charge is -2.19. The first kappa shape index (κ1) is 10.7. The van der Waals surface area contributed by atoms with Gasteiger partial charge in [-0.1, -0.05) is 18.2 Å². The molecule has 0 amide bonds. The van der Waals surface area contributed by atoms with Crippen molar-refractivity contribution in [3.63, 3.8) is 0 Å². The number of furan rings is 1. The molecule has 0 radical (unpaired) electrons. The zero-order valence-corrected chi connectivity index (χ0v) is 9.06. The molecular weight excluding hydrogens is 208 g/mol. The number of methoxy groups -OCH3 is 1. The Morgan fingerprint density at radius 1 is 1.44 bits per heavy atom. The second kappa shape index (κ2) is 3.64. The predicted octanol–water partition coefficient (Wildman–Crippen LogP) is 2.38. The fourth-order valence-electron chi connectivity index (χ4n) is 1.51. The van der Waals surface area contributed by atoms with Crippen LogP contribution in [0.1, 0.15) is 12.7 Å². The molecule has 4 nitrogen and oxygen atoms in total. The number of hydrogen-bond acceptors (Lipinski definition) is 3. The molecule has 1 aromatic heterocycles. The molecule has 0 saturated heterocycles. The molecular formula is C12H12O4. The van der Waals surface area contributed by atoms with Crippen molar-refractivity contribution in [2.75, 3.05) is 7.11 Å². The Morgan fingerprint density at radius 2 is 2.12 bits per heavy atom. The zero-order valence-electron chi connectivity index (χ0n) is 9.06. The topological polar surface area (TPSA) is 59.7 Å². The molecule has 0 saturated carbocycles. The fraction of sp³-hybridized carbons (Fsp3) is 0.250. The minimum atomic E-state index is -1.45. The van der Waals surface area contributed by atoms with Gasteiger partial charge >= 0.3 is 5.97 Å². The Bertz CT molecular complexity index is 496. The summed E-state index contributed by atoms with van der Waals surface area (Å²) in [7, 11) is 1.35. The molecule has 2 aromatic rings. The van der Waals surface area contributed by atoms with Gasteiger partial charge in [-0.25, -0.2) is 4.79 Å². The summed E-state index contributed by atoms with van der Waals surface area (Å²) in [6.45, 7) is 1.47. The number of aliphatic carboxylic acids is 1. The van der Waals surface area contributed by atoms with E-state index in [0.29, 0.717) is 11.3 Å². The lowest BCUT2D eigenvalue weighted by Crippen LogP contribution is -2.33. The summed E-state index contributed by atoms with van der Waals surface area (Å²) in [5.74, 6) is -0.780.